The zero-order chi connectivity index (χ0) is 10.3. The first kappa shape index (κ1) is 9.22. The topological polar surface area (TPSA) is 29.3 Å². The molecule has 80 valence electrons. The van der Waals surface area contributed by atoms with Crippen molar-refractivity contribution in [2.24, 2.45) is 11.7 Å². The summed E-state index contributed by atoms with van der Waals surface area (Å²) in [6.45, 7) is 2.02. The Balaban J connectivity index is 1.82. The molecule has 3 fully saturated rings. The number of nitrogens with zero attached hydrogens (tertiary/aromatic N) is 1. The lowest BCUT2D eigenvalue weighted by Gasteiger charge is -2.27. The Bertz CT molecular complexity index is 355. The zero-order valence-electron chi connectivity index (χ0n) is 9.02. The summed E-state index contributed by atoms with van der Waals surface area (Å²) in [6, 6.07) is 9.73. The van der Waals surface area contributed by atoms with Crippen LogP contribution in [0.1, 0.15) is 18.4 Å². The van der Waals surface area contributed by atoms with Gasteiger partial charge in [-0.2, -0.15) is 0 Å². The predicted molar refractivity (Wildman–Crippen MR) is 63.1 cm³/mol. The van der Waals surface area contributed by atoms with Crippen molar-refractivity contribution in [2.75, 3.05) is 18.0 Å². The molecule has 3 aliphatic rings. The molecule has 1 saturated carbocycles. The van der Waals surface area contributed by atoms with Crippen molar-refractivity contribution in [3.63, 3.8) is 0 Å². The van der Waals surface area contributed by atoms with Gasteiger partial charge >= 0.3 is 0 Å². The van der Waals surface area contributed by atoms with E-state index in [1.807, 2.05) is 0 Å². The minimum atomic E-state index is 0.746. The molecule has 4 rings (SSSR count). The fourth-order valence-corrected chi connectivity index (χ4v) is 2.90. The van der Waals surface area contributed by atoms with Crippen LogP contribution in [0.2, 0.25) is 0 Å². The van der Waals surface area contributed by atoms with Crippen molar-refractivity contribution in [2.45, 2.75) is 25.3 Å². The Hall–Kier alpha value is -1.02. The second-order valence-corrected chi connectivity index (χ2v) is 4.85. The van der Waals surface area contributed by atoms with Crippen LogP contribution >= 0.6 is 0 Å². The van der Waals surface area contributed by atoms with Crippen LogP contribution in [0.3, 0.4) is 0 Å². The highest BCUT2D eigenvalue weighted by Crippen LogP contribution is 2.43. The maximum absolute atomic E-state index is 5.59. The van der Waals surface area contributed by atoms with E-state index in [-0.39, 0.29) is 0 Å². The molecule has 2 bridgehead atoms. The summed E-state index contributed by atoms with van der Waals surface area (Å²) in [5.74, 6) is 0.980. The SMILES string of the molecule is NCCc1cccc(N2CC3CC2C3)c1. The molecule has 1 aliphatic carbocycles. The van der Waals surface area contributed by atoms with Gasteiger partial charge in [-0.05, 0) is 49.4 Å². The van der Waals surface area contributed by atoms with Crippen LogP contribution in [0.5, 0.6) is 0 Å². The summed E-state index contributed by atoms with van der Waals surface area (Å²) in [6.07, 6.45) is 3.83. The maximum Gasteiger partial charge on any atom is 0.0371 e. The van der Waals surface area contributed by atoms with Gasteiger partial charge in [0.05, 0.1) is 0 Å². The van der Waals surface area contributed by atoms with Crippen LogP contribution < -0.4 is 10.6 Å². The number of nitrogens with two attached hydrogens (primary N) is 1. The van der Waals surface area contributed by atoms with E-state index < -0.39 is 0 Å². The molecule has 0 unspecified atom stereocenters. The van der Waals surface area contributed by atoms with E-state index in [0.29, 0.717) is 0 Å². The summed E-state index contributed by atoms with van der Waals surface area (Å²) < 4.78 is 0. The molecule has 0 aromatic heterocycles. The molecule has 1 aromatic rings. The highest BCUT2D eigenvalue weighted by Gasteiger charge is 2.42. The van der Waals surface area contributed by atoms with Gasteiger partial charge in [0.15, 0.2) is 0 Å². The third kappa shape index (κ3) is 1.53. The van der Waals surface area contributed by atoms with Crippen molar-refractivity contribution in [1.82, 2.24) is 0 Å². The van der Waals surface area contributed by atoms with Crippen LogP contribution in [0, 0.1) is 5.92 Å². The van der Waals surface area contributed by atoms with Gasteiger partial charge in [-0.15, -0.1) is 0 Å². The number of anilines is 1. The number of hydrogen-bond donors (Lipinski definition) is 1. The Morgan fingerprint density at radius 1 is 1.33 bits per heavy atom. The van der Waals surface area contributed by atoms with Crippen LogP contribution in [-0.2, 0) is 6.42 Å². The van der Waals surface area contributed by atoms with E-state index in [9.17, 15) is 0 Å². The van der Waals surface area contributed by atoms with Gasteiger partial charge in [0.1, 0.15) is 0 Å². The van der Waals surface area contributed by atoms with Crippen molar-refractivity contribution >= 4 is 5.69 Å². The molecule has 0 atom stereocenters. The highest BCUT2D eigenvalue weighted by molar-refractivity contribution is 5.52. The molecular formula is C13H18N2. The first-order chi connectivity index (χ1) is 7.36. The summed E-state index contributed by atoms with van der Waals surface area (Å²) in [7, 11) is 0. The first-order valence-electron chi connectivity index (χ1n) is 5.92. The summed E-state index contributed by atoms with van der Waals surface area (Å²) in [5, 5.41) is 0. The number of fused-ring (bicyclic) bond motifs is 1. The fraction of sp³-hybridized carbons (Fsp3) is 0.538. The minimum Gasteiger partial charge on any atom is -0.368 e. The molecule has 0 spiro atoms. The standard InChI is InChI=1S/C13H18N2/c14-5-4-10-2-1-3-12(6-10)15-9-11-7-13(15)8-11/h1-3,6,11,13H,4-5,7-9,14H2. The smallest absolute Gasteiger partial charge is 0.0371 e. The minimum absolute atomic E-state index is 0.746. The maximum atomic E-state index is 5.59. The van der Waals surface area contributed by atoms with Crippen LogP contribution in [0.15, 0.2) is 24.3 Å². The monoisotopic (exact) mass is 202 g/mol. The lowest BCUT2D eigenvalue weighted by molar-refractivity contribution is 0.381. The van der Waals surface area contributed by atoms with Crippen LogP contribution in [0.25, 0.3) is 0 Å². The van der Waals surface area contributed by atoms with E-state index in [2.05, 4.69) is 29.2 Å². The molecule has 0 radical (unpaired) electrons. The molecule has 2 heterocycles. The average Bonchev–Trinajstić information content (AvgIpc) is 2.76. The van der Waals surface area contributed by atoms with Gasteiger partial charge < -0.3 is 10.6 Å². The largest absolute Gasteiger partial charge is 0.368 e. The third-order valence-electron chi connectivity index (χ3n) is 3.78. The van der Waals surface area contributed by atoms with Gasteiger partial charge in [0.2, 0.25) is 0 Å². The lowest BCUT2D eigenvalue weighted by Crippen LogP contribution is -2.28. The van der Waals surface area contributed by atoms with E-state index in [0.717, 1.165) is 24.9 Å². The third-order valence-corrected chi connectivity index (χ3v) is 3.78. The Kier molecular flexibility index (Phi) is 2.17. The van der Waals surface area contributed by atoms with Crippen molar-refractivity contribution in [1.29, 1.82) is 0 Å². The van der Waals surface area contributed by atoms with E-state index in [1.165, 1.54) is 30.6 Å². The van der Waals surface area contributed by atoms with E-state index in [4.69, 9.17) is 5.73 Å². The summed E-state index contributed by atoms with van der Waals surface area (Å²) in [4.78, 5) is 2.57. The van der Waals surface area contributed by atoms with E-state index in [1.54, 1.807) is 0 Å². The number of hydrogen-bond acceptors (Lipinski definition) is 2. The van der Waals surface area contributed by atoms with Crippen LogP contribution in [-0.4, -0.2) is 19.1 Å². The van der Waals surface area contributed by atoms with Gasteiger partial charge in [0, 0.05) is 18.3 Å². The second kappa shape index (κ2) is 3.53. The molecule has 2 N–H and O–H groups in total. The predicted octanol–water partition coefficient (Wildman–Crippen LogP) is 1.79. The molecule has 2 saturated heterocycles. The van der Waals surface area contributed by atoms with Crippen molar-refractivity contribution in [3.8, 4) is 0 Å². The molecule has 15 heavy (non-hydrogen) atoms. The van der Waals surface area contributed by atoms with E-state index >= 15 is 0 Å². The summed E-state index contributed by atoms with van der Waals surface area (Å²) >= 11 is 0. The molecular weight excluding hydrogens is 184 g/mol. The molecule has 0 amide bonds. The number of benzene rings is 1. The van der Waals surface area contributed by atoms with Crippen molar-refractivity contribution < 1.29 is 0 Å². The quantitative estimate of drug-likeness (QED) is 0.809. The fourth-order valence-electron chi connectivity index (χ4n) is 2.90. The Labute approximate surface area is 91.1 Å². The normalized spacial score (nSPS) is 27.9. The zero-order valence-corrected chi connectivity index (χ0v) is 9.02. The molecule has 2 heteroatoms. The highest BCUT2D eigenvalue weighted by atomic mass is 15.2. The van der Waals surface area contributed by atoms with Gasteiger partial charge in [0.25, 0.3) is 0 Å². The Morgan fingerprint density at radius 3 is 2.87 bits per heavy atom. The lowest BCUT2D eigenvalue weighted by atomic mass is 9.86. The molecule has 2 nitrogen and oxygen atoms in total. The van der Waals surface area contributed by atoms with Gasteiger partial charge in [-0.3, -0.25) is 0 Å². The molecule has 2 aliphatic heterocycles. The van der Waals surface area contributed by atoms with Gasteiger partial charge in [-0.25, -0.2) is 0 Å². The second-order valence-electron chi connectivity index (χ2n) is 4.85. The average molecular weight is 202 g/mol. The summed E-state index contributed by atoms with van der Waals surface area (Å²) in [5.41, 5.74) is 8.37. The van der Waals surface area contributed by atoms with Crippen molar-refractivity contribution in [3.05, 3.63) is 29.8 Å². The molecule has 1 aromatic carbocycles. The number of rotatable bonds is 3. The Morgan fingerprint density at radius 2 is 2.20 bits per heavy atom. The van der Waals surface area contributed by atoms with Gasteiger partial charge in [-0.1, -0.05) is 12.1 Å². The first-order valence-corrected chi connectivity index (χ1v) is 5.92. The van der Waals surface area contributed by atoms with Crippen LogP contribution in [0.4, 0.5) is 5.69 Å².